The molecule has 0 fully saturated rings. The number of pyridine rings is 1. The highest BCUT2D eigenvalue weighted by atomic mass is 16.5. The molecule has 0 aliphatic carbocycles. The zero-order chi connectivity index (χ0) is 17.2. The lowest BCUT2D eigenvalue weighted by atomic mass is 10.0. The van der Waals surface area contributed by atoms with Gasteiger partial charge >= 0.3 is 0 Å². The van der Waals surface area contributed by atoms with E-state index in [-0.39, 0.29) is 18.1 Å². The van der Waals surface area contributed by atoms with Gasteiger partial charge in [-0.15, -0.1) is 0 Å². The lowest BCUT2D eigenvalue weighted by Crippen LogP contribution is -2.38. The first-order valence-corrected chi connectivity index (χ1v) is 7.49. The fourth-order valence-electron chi connectivity index (χ4n) is 2.37. The number of carbonyl (C=O) groups is 1. The lowest BCUT2D eigenvalue weighted by molar-refractivity contribution is 0.0329. The zero-order valence-corrected chi connectivity index (χ0v) is 13.4. The Morgan fingerprint density at radius 2 is 2.17 bits per heavy atom. The molecule has 0 radical (unpaired) electrons. The van der Waals surface area contributed by atoms with Gasteiger partial charge in [-0.25, -0.2) is 4.98 Å². The Bertz CT molecular complexity index is 857. The van der Waals surface area contributed by atoms with Crippen LogP contribution in [0.1, 0.15) is 23.2 Å². The van der Waals surface area contributed by atoms with Gasteiger partial charge in [0.05, 0.1) is 25.4 Å². The summed E-state index contributed by atoms with van der Waals surface area (Å²) in [5.41, 5.74) is -0.312. The van der Waals surface area contributed by atoms with E-state index in [1.807, 2.05) is 12.1 Å². The van der Waals surface area contributed by atoms with Crippen LogP contribution in [-0.4, -0.2) is 29.7 Å². The summed E-state index contributed by atoms with van der Waals surface area (Å²) in [4.78, 5) is 16.6. The van der Waals surface area contributed by atoms with E-state index < -0.39 is 5.60 Å². The monoisotopic (exact) mass is 326 g/mol. The van der Waals surface area contributed by atoms with Crippen molar-refractivity contribution in [3.63, 3.8) is 0 Å². The summed E-state index contributed by atoms with van der Waals surface area (Å²) in [5.74, 6) is 0.761. The number of nitrogens with zero attached hydrogens (tertiary/aromatic N) is 1. The van der Waals surface area contributed by atoms with Crippen molar-refractivity contribution in [2.75, 3.05) is 13.7 Å². The van der Waals surface area contributed by atoms with Gasteiger partial charge in [-0.2, -0.15) is 0 Å². The first-order valence-electron chi connectivity index (χ1n) is 7.49. The van der Waals surface area contributed by atoms with Gasteiger partial charge in [0.1, 0.15) is 22.8 Å². The number of aliphatic hydroxyl groups is 1. The number of fused-ring (bicyclic) bond motifs is 1. The molecule has 0 saturated carbocycles. The van der Waals surface area contributed by atoms with Crippen molar-refractivity contribution in [2.24, 2.45) is 0 Å². The van der Waals surface area contributed by atoms with Crippen LogP contribution in [0.15, 0.2) is 53.1 Å². The van der Waals surface area contributed by atoms with Crippen LogP contribution >= 0.6 is 0 Å². The molecular weight excluding hydrogens is 308 g/mol. The summed E-state index contributed by atoms with van der Waals surface area (Å²) < 4.78 is 10.4. The molecule has 1 atom stereocenters. The van der Waals surface area contributed by atoms with Crippen LogP contribution in [0.2, 0.25) is 0 Å². The van der Waals surface area contributed by atoms with Gasteiger partial charge in [0.2, 0.25) is 0 Å². The molecule has 0 saturated heterocycles. The van der Waals surface area contributed by atoms with Crippen LogP contribution < -0.4 is 10.1 Å². The van der Waals surface area contributed by atoms with Crippen LogP contribution in [0.3, 0.4) is 0 Å². The second kappa shape index (κ2) is 6.33. The standard InChI is InChI=1S/C18H18N2O4/c1-18(22,16-4-3-9-24-16)11-19-17(21)15-7-5-12-10-13(23-2)6-8-14(12)20-15/h3-10,22H,11H2,1-2H3,(H,19,21). The number of furan rings is 1. The molecule has 2 N–H and O–H groups in total. The molecule has 24 heavy (non-hydrogen) atoms. The van der Waals surface area contributed by atoms with Crippen LogP contribution in [0, 0.1) is 0 Å². The molecule has 3 aromatic rings. The number of ether oxygens (including phenoxy) is 1. The maximum absolute atomic E-state index is 12.3. The number of amides is 1. The largest absolute Gasteiger partial charge is 0.497 e. The first-order chi connectivity index (χ1) is 11.5. The van der Waals surface area contributed by atoms with E-state index in [1.165, 1.54) is 6.26 Å². The number of hydrogen-bond acceptors (Lipinski definition) is 5. The van der Waals surface area contributed by atoms with E-state index >= 15 is 0 Å². The number of aromatic nitrogens is 1. The number of methoxy groups -OCH3 is 1. The molecular formula is C18H18N2O4. The van der Waals surface area contributed by atoms with Crippen molar-refractivity contribution < 1.29 is 19.1 Å². The first kappa shape index (κ1) is 16.0. The van der Waals surface area contributed by atoms with Crippen molar-refractivity contribution >= 4 is 16.8 Å². The minimum Gasteiger partial charge on any atom is -0.497 e. The molecule has 2 heterocycles. The van der Waals surface area contributed by atoms with Gasteiger partial charge in [0.15, 0.2) is 0 Å². The number of rotatable bonds is 5. The minimum absolute atomic E-state index is 0.0156. The summed E-state index contributed by atoms with van der Waals surface area (Å²) in [5, 5.41) is 13.9. The van der Waals surface area contributed by atoms with Gasteiger partial charge in [0, 0.05) is 5.39 Å². The Morgan fingerprint density at radius 1 is 1.33 bits per heavy atom. The number of carbonyl (C=O) groups excluding carboxylic acids is 1. The third-order valence-corrected chi connectivity index (χ3v) is 3.77. The molecule has 0 aliphatic rings. The molecule has 0 bridgehead atoms. The average molecular weight is 326 g/mol. The molecule has 124 valence electrons. The van der Waals surface area contributed by atoms with E-state index in [1.54, 1.807) is 44.4 Å². The third kappa shape index (κ3) is 3.23. The molecule has 2 aromatic heterocycles. The van der Waals surface area contributed by atoms with E-state index in [4.69, 9.17) is 9.15 Å². The van der Waals surface area contributed by atoms with Crippen LogP contribution in [0.5, 0.6) is 5.75 Å². The molecule has 0 aliphatic heterocycles. The highest BCUT2D eigenvalue weighted by Gasteiger charge is 2.27. The van der Waals surface area contributed by atoms with Crippen LogP contribution in [0.25, 0.3) is 10.9 Å². The predicted octanol–water partition coefficient (Wildman–Crippen LogP) is 2.47. The normalized spacial score (nSPS) is 13.5. The molecule has 0 spiro atoms. The van der Waals surface area contributed by atoms with E-state index in [0.717, 1.165) is 11.1 Å². The van der Waals surface area contributed by atoms with Gasteiger partial charge in [-0.1, -0.05) is 6.07 Å². The van der Waals surface area contributed by atoms with Gasteiger partial charge in [0.25, 0.3) is 5.91 Å². The Kier molecular flexibility index (Phi) is 4.22. The highest BCUT2D eigenvalue weighted by Crippen LogP contribution is 2.21. The molecule has 3 rings (SSSR count). The summed E-state index contributed by atoms with van der Waals surface area (Å²) in [7, 11) is 1.60. The highest BCUT2D eigenvalue weighted by molar-refractivity contribution is 5.95. The topological polar surface area (TPSA) is 84.6 Å². The van der Waals surface area contributed by atoms with Crippen LogP contribution in [0.4, 0.5) is 0 Å². The molecule has 1 aromatic carbocycles. The van der Waals surface area contributed by atoms with E-state index in [9.17, 15) is 9.90 Å². The van der Waals surface area contributed by atoms with Crippen molar-refractivity contribution in [3.05, 3.63) is 60.2 Å². The summed E-state index contributed by atoms with van der Waals surface area (Å²) in [6.07, 6.45) is 1.48. The average Bonchev–Trinajstić information content (AvgIpc) is 3.14. The van der Waals surface area contributed by atoms with Crippen molar-refractivity contribution in [1.29, 1.82) is 0 Å². The third-order valence-electron chi connectivity index (χ3n) is 3.77. The van der Waals surface area contributed by atoms with Crippen molar-refractivity contribution in [2.45, 2.75) is 12.5 Å². The maximum Gasteiger partial charge on any atom is 0.270 e. The Labute approximate surface area is 139 Å². The Morgan fingerprint density at radius 3 is 2.88 bits per heavy atom. The smallest absolute Gasteiger partial charge is 0.270 e. The summed E-state index contributed by atoms with van der Waals surface area (Å²) in [6, 6.07) is 12.2. The fraction of sp³-hybridized carbons (Fsp3) is 0.222. The van der Waals surface area contributed by atoms with Crippen molar-refractivity contribution in [1.82, 2.24) is 10.3 Å². The second-order valence-corrected chi connectivity index (χ2v) is 5.69. The Balaban J connectivity index is 1.74. The van der Waals surface area contributed by atoms with Gasteiger partial charge in [-0.05, 0) is 43.3 Å². The molecule has 6 nitrogen and oxygen atoms in total. The number of hydrogen-bond donors (Lipinski definition) is 2. The second-order valence-electron chi connectivity index (χ2n) is 5.69. The van der Waals surface area contributed by atoms with E-state index in [2.05, 4.69) is 10.3 Å². The van der Waals surface area contributed by atoms with Gasteiger partial charge < -0.3 is 19.6 Å². The quantitative estimate of drug-likeness (QED) is 0.752. The zero-order valence-electron chi connectivity index (χ0n) is 13.4. The molecule has 6 heteroatoms. The minimum atomic E-state index is -1.29. The number of benzene rings is 1. The predicted molar refractivity (Wildman–Crippen MR) is 88.9 cm³/mol. The van der Waals surface area contributed by atoms with Gasteiger partial charge in [-0.3, -0.25) is 4.79 Å². The van der Waals surface area contributed by atoms with E-state index in [0.29, 0.717) is 11.3 Å². The Hall–Kier alpha value is -2.86. The molecule has 1 unspecified atom stereocenters. The summed E-state index contributed by atoms with van der Waals surface area (Å²) in [6.45, 7) is 1.59. The number of nitrogens with one attached hydrogen (secondary N) is 1. The summed E-state index contributed by atoms with van der Waals surface area (Å²) >= 11 is 0. The fourth-order valence-corrected chi connectivity index (χ4v) is 2.37. The maximum atomic E-state index is 12.3. The SMILES string of the molecule is COc1ccc2nc(C(=O)NCC(C)(O)c3ccco3)ccc2c1. The van der Waals surface area contributed by atoms with Crippen LogP contribution in [-0.2, 0) is 5.60 Å². The molecule has 1 amide bonds. The lowest BCUT2D eigenvalue weighted by Gasteiger charge is -2.21. The van der Waals surface area contributed by atoms with Crippen molar-refractivity contribution in [3.8, 4) is 5.75 Å².